The Morgan fingerprint density at radius 2 is 2.15 bits per heavy atom. The van der Waals surface area contributed by atoms with Gasteiger partial charge in [-0.3, -0.25) is 0 Å². The van der Waals surface area contributed by atoms with Crippen molar-refractivity contribution in [2.75, 3.05) is 13.6 Å². The second kappa shape index (κ2) is 4.32. The van der Waals surface area contributed by atoms with Crippen molar-refractivity contribution in [2.24, 2.45) is 7.05 Å². The Bertz CT molecular complexity index is 648. The van der Waals surface area contributed by atoms with Gasteiger partial charge in [0.15, 0.2) is 0 Å². The Kier molecular flexibility index (Phi) is 2.68. The lowest BCUT2D eigenvalue weighted by Crippen LogP contribution is -2.23. The molecule has 2 aliphatic rings. The highest BCUT2D eigenvalue weighted by atomic mass is 15.1. The Morgan fingerprint density at radius 1 is 1.35 bits per heavy atom. The average molecular weight is 269 g/mol. The lowest BCUT2D eigenvalue weighted by Gasteiger charge is -2.24. The Labute approximate surface area is 120 Å². The van der Waals surface area contributed by atoms with E-state index in [9.17, 15) is 0 Å². The van der Waals surface area contributed by atoms with Crippen molar-refractivity contribution < 1.29 is 0 Å². The van der Waals surface area contributed by atoms with Crippen LogP contribution in [0.5, 0.6) is 0 Å². The van der Waals surface area contributed by atoms with Gasteiger partial charge in [0.2, 0.25) is 0 Å². The molecule has 1 aromatic heterocycles. The normalized spacial score (nSPS) is 21.1. The Morgan fingerprint density at radius 3 is 2.75 bits per heavy atom. The summed E-state index contributed by atoms with van der Waals surface area (Å²) >= 11 is 0. The maximum absolute atomic E-state index is 4.87. The third-order valence-electron chi connectivity index (χ3n) is 5.37. The van der Waals surface area contributed by atoms with E-state index < -0.39 is 0 Å². The fraction of sp³-hybridized carbons (Fsp3) is 0.588. The minimum absolute atomic E-state index is 0.393. The van der Waals surface area contributed by atoms with Crippen molar-refractivity contribution >= 4 is 11.0 Å². The van der Waals surface area contributed by atoms with Gasteiger partial charge in [-0.05, 0) is 50.4 Å². The van der Waals surface area contributed by atoms with E-state index in [1.807, 2.05) is 0 Å². The molecule has 106 valence electrons. The number of hydrogen-bond donors (Lipinski definition) is 1. The van der Waals surface area contributed by atoms with Crippen molar-refractivity contribution in [3.8, 4) is 0 Å². The highest BCUT2D eigenvalue weighted by Crippen LogP contribution is 2.48. The maximum atomic E-state index is 4.87. The van der Waals surface area contributed by atoms with Crippen LogP contribution >= 0.6 is 0 Å². The summed E-state index contributed by atoms with van der Waals surface area (Å²) in [5.74, 6) is 1.99. The zero-order valence-corrected chi connectivity index (χ0v) is 12.4. The predicted molar refractivity (Wildman–Crippen MR) is 82.1 cm³/mol. The highest BCUT2D eigenvalue weighted by Gasteiger charge is 2.43. The van der Waals surface area contributed by atoms with Crippen LogP contribution in [-0.2, 0) is 12.5 Å². The minimum atomic E-state index is 0.393. The summed E-state index contributed by atoms with van der Waals surface area (Å²) < 4.78 is 2.33. The monoisotopic (exact) mass is 269 g/mol. The molecule has 1 aromatic carbocycles. The number of likely N-dealkylation sites (N-methyl/N-ethyl adjacent to an activating group) is 1. The molecule has 2 aliphatic carbocycles. The topological polar surface area (TPSA) is 29.9 Å². The summed E-state index contributed by atoms with van der Waals surface area (Å²) in [6, 6.07) is 6.90. The molecule has 0 unspecified atom stereocenters. The van der Waals surface area contributed by atoms with Gasteiger partial charge in [-0.1, -0.05) is 12.5 Å². The molecule has 0 radical (unpaired) electrons. The number of rotatable bonds is 4. The highest BCUT2D eigenvalue weighted by molar-refractivity contribution is 5.77. The molecular formula is C17H23N3. The van der Waals surface area contributed by atoms with Crippen LogP contribution in [0.1, 0.15) is 49.4 Å². The van der Waals surface area contributed by atoms with Gasteiger partial charge in [0.25, 0.3) is 0 Å². The quantitative estimate of drug-likeness (QED) is 0.924. The fourth-order valence-corrected chi connectivity index (χ4v) is 3.63. The number of benzene rings is 1. The van der Waals surface area contributed by atoms with Crippen molar-refractivity contribution in [3.63, 3.8) is 0 Å². The van der Waals surface area contributed by atoms with Crippen LogP contribution in [0.4, 0.5) is 0 Å². The van der Waals surface area contributed by atoms with Gasteiger partial charge >= 0.3 is 0 Å². The van der Waals surface area contributed by atoms with E-state index in [2.05, 4.69) is 42.2 Å². The summed E-state index contributed by atoms with van der Waals surface area (Å²) in [6.45, 7) is 1.09. The molecule has 0 aliphatic heterocycles. The van der Waals surface area contributed by atoms with Crippen LogP contribution in [0.25, 0.3) is 11.0 Å². The first-order valence-corrected chi connectivity index (χ1v) is 7.85. The zero-order chi connectivity index (χ0) is 13.7. The number of fused-ring (bicyclic) bond motifs is 1. The Hall–Kier alpha value is -1.35. The lowest BCUT2D eigenvalue weighted by molar-refractivity contribution is 0.394. The van der Waals surface area contributed by atoms with Crippen molar-refractivity contribution in [1.82, 2.24) is 14.9 Å². The van der Waals surface area contributed by atoms with Gasteiger partial charge in [-0.25, -0.2) is 4.98 Å². The van der Waals surface area contributed by atoms with Crippen LogP contribution < -0.4 is 5.32 Å². The Balaban J connectivity index is 1.77. The molecular weight excluding hydrogens is 246 g/mol. The second-order valence-corrected chi connectivity index (χ2v) is 6.67. The zero-order valence-electron chi connectivity index (χ0n) is 12.4. The molecule has 3 heteroatoms. The van der Waals surface area contributed by atoms with E-state index in [0.29, 0.717) is 11.3 Å². The summed E-state index contributed by atoms with van der Waals surface area (Å²) in [6.07, 6.45) is 6.62. The summed E-state index contributed by atoms with van der Waals surface area (Å²) in [5, 5.41) is 3.35. The average Bonchev–Trinajstić information content (AvgIpc) is 3.10. The van der Waals surface area contributed by atoms with Gasteiger partial charge in [-0.2, -0.15) is 0 Å². The van der Waals surface area contributed by atoms with Crippen molar-refractivity contribution in [2.45, 2.75) is 43.4 Å². The van der Waals surface area contributed by atoms with Crippen LogP contribution in [0.15, 0.2) is 18.2 Å². The van der Waals surface area contributed by atoms with Gasteiger partial charge in [0.05, 0.1) is 11.0 Å². The third kappa shape index (κ3) is 1.72. The number of aryl methyl sites for hydroxylation is 1. The molecule has 3 nitrogen and oxygen atoms in total. The van der Waals surface area contributed by atoms with Crippen molar-refractivity contribution in [1.29, 1.82) is 0 Å². The molecule has 20 heavy (non-hydrogen) atoms. The van der Waals surface area contributed by atoms with E-state index >= 15 is 0 Å². The summed E-state index contributed by atoms with van der Waals surface area (Å²) in [7, 11) is 4.24. The molecule has 4 rings (SSSR count). The minimum Gasteiger partial charge on any atom is -0.331 e. The molecule has 2 aromatic rings. The number of aromatic nitrogens is 2. The first kappa shape index (κ1) is 12.4. The van der Waals surface area contributed by atoms with Gasteiger partial charge in [0, 0.05) is 24.9 Å². The number of hydrogen-bond acceptors (Lipinski definition) is 2. The molecule has 1 heterocycles. The molecule has 0 amide bonds. The number of nitrogens with zero attached hydrogens (tertiary/aromatic N) is 2. The summed E-state index contributed by atoms with van der Waals surface area (Å²) in [5.41, 5.74) is 4.36. The molecule has 2 fully saturated rings. The molecule has 0 atom stereocenters. The van der Waals surface area contributed by atoms with E-state index in [4.69, 9.17) is 4.98 Å². The van der Waals surface area contributed by atoms with Crippen LogP contribution in [0, 0.1) is 0 Å². The smallest absolute Gasteiger partial charge is 0.112 e. The fourth-order valence-electron chi connectivity index (χ4n) is 3.63. The second-order valence-electron chi connectivity index (χ2n) is 6.67. The van der Waals surface area contributed by atoms with E-state index in [0.717, 1.165) is 6.54 Å². The predicted octanol–water partition coefficient (Wildman–Crippen LogP) is 3.09. The lowest BCUT2D eigenvalue weighted by atomic mass is 9.85. The van der Waals surface area contributed by atoms with E-state index in [-0.39, 0.29) is 0 Å². The molecule has 0 spiro atoms. The first-order chi connectivity index (χ1) is 9.73. The molecule has 0 bridgehead atoms. The molecule has 0 saturated heterocycles. The van der Waals surface area contributed by atoms with E-state index in [1.54, 1.807) is 0 Å². The maximum Gasteiger partial charge on any atom is 0.112 e. The van der Waals surface area contributed by atoms with Crippen LogP contribution in [0.3, 0.4) is 0 Å². The van der Waals surface area contributed by atoms with E-state index in [1.165, 1.54) is 54.5 Å². The first-order valence-electron chi connectivity index (χ1n) is 7.85. The SMILES string of the molecule is CNCC1(c2ccc3nc(C4CCC4)n(C)c3c2)CC1. The number of nitrogens with one attached hydrogen (secondary N) is 1. The van der Waals surface area contributed by atoms with Gasteiger partial charge < -0.3 is 9.88 Å². The molecule has 1 N–H and O–H groups in total. The summed E-state index contributed by atoms with van der Waals surface area (Å²) in [4.78, 5) is 4.87. The standard InChI is InChI=1S/C17H23N3/c1-18-11-17(8-9-17)13-6-7-14-15(10-13)20(2)16(19-14)12-4-3-5-12/h6-7,10,12,18H,3-5,8-9,11H2,1-2H3. The van der Waals surface area contributed by atoms with Gasteiger partial charge in [-0.15, -0.1) is 0 Å². The van der Waals surface area contributed by atoms with Crippen LogP contribution in [0.2, 0.25) is 0 Å². The number of imidazole rings is 1. The van der Waals surface area contributed by atoms with Crippen LogP contribution in [-0.4, -0.2) is 23.1 Å². The third-order valence-corrected chi connectivity index (χ3v) is 5.37. The van der Waals surface area contributed by atoms with Crippen molar-refractivity contribution in [3.05, 3.63) is 29.6 Å². The largest absolute Gasteiger partial charge is 0.331 e. The molecule has 2 saturated carbocycles. The van der Waals surface area contributed by atoms with Gasteiger partial charge in [0.1, 0.15) is 5.82 Å².